The van der Waals surface area contributed by atoms with Crippen LogP contribution in [0.15, 0.2) is 54.6 Å². The number of carboxylic acid groups (broad SMARTS) is 1. The van der Waals surface area contributed by atoms with E-state index in [2.05, 4.69) is 5.32 Å². The molecular formula is C19H23NO4. The molecule has 0 aliphatic rings. The van der Waals surface area contributed by atoms with Gasteiger partial charge >= 0.3 is 5.97 Å². The summed E-state index contributed by atoms with van der Waals surface area (Å²) in [5, 5.41) is 12.5. The smallest absolute Gasteiger partial charge is 0.321 e. The van der Waals surface area contributed by atoms with Crippen LogP contribution in [0.5, 0.6) is 5.75 Å². The molecule has 2 aromatic rings. The van der Waals surface area contributed by atoms with Gasteiger partial charge in [0.2, 0.25) is 0 Å². The molecule has 0 saturated heterocycles. The van der Waals surface area contributed by atoms with Gasteiger partial charge in [0.05, 0.1) is 6.61 Å². The number of aliphatic carboxylic acids is 1. The van der Waals surface area contributed by atoms with Crippen LogP contribution in [0.3, 0.4) is 0 Å². The maximum atomic E-state index is 11.4. The van der Waals surface area contributed by atoms with E-state index in [1.807, 2.05) is 54.6 Å². The predicted molar refractivity (Wildman–Crippen MR) is 92.2 cm³/mol. The van der Waals surface area contributed by atoms with Crippen LogP contribution in [-0.4, -0.2) is 37.4 Å². The number of benzene rings is 2. The second-order valence-electron chi connectivity index (χ2n) is 5.45. The average molecular weight is 329 g/mol. The Hall–Kier alpha value is -2.37. The molecule has 2 aromatic carbocycles. The van der Waals surface area contributed by atoms with Crippen molar-refractivity contribution in [3.05, 3.63) is 65.7 Å². The standard InChI is InChI=1S/C19H23NO4/c1-23-11-12-24-17-9-7-16(8-10-17)14-20-18(19(21)22)13-15-5-3-2-4-6-15/h2-10,18,20H,11-14H2,1H3,(H,21,22)/t18-/m0/s1. The molecule has 1 atom stereocenters. The van der Waals surface area contributed by atoms with Crippen molar-refractivity contribution in [2.24, 2.45) is 0 Å². The van der Waals surface area contributed by atoms with Gasteiger partial charge in [-0.25, -0.2) is 0 Å². The van der Waals surface area contributed by atoms with Gasteiger partial charge in [0.1, 0.15) is 18.4 Å². The lowest BCUT2D eigenvalue weighted by molar-refractivity contribution is -0.139. The molecule has 128 valence electrons. The van der Waals surface area contributed by atoms with Crippen molar-refractivity contribution in [3.8, 4) is 5.75 Å². The molecule has 24 heavy (non-hydrogen) atoms. The third-order valence-electron chi connectivity index (χ3n) is 3.61. The molecule has 0 heterocycles. The number of methoxy groups -OCH3 is 1. The lowest BCUT2D eigenvalue weighted by atomic mass is 10.1. The van der Waals surface area contributed by atoms with Gasteiger partial charge in [0.15, 0.2) is 0 Å². The number of hydrogen-bond donors (Lipinski definition) is 2. The zero-order chi connectivity index (χ0) is 17.2. The molecule has 0 bridgehead atoms. The Morgan fingerprint density at radius 3 is 2.38 bits per heavy atom. The van der Waals surface area contributed by atoms with Gasteiger partial charge in [0, 0.05) is 13.7 Å². The van der Waals surface area contributed by atoms with Crippen LogP contribution in [0.1, 0.15) is 11.1 Å². The lowest BCUT2D eigenvalue weighted by Crippen LogP contribution is -2.38. The van der Waals surface area contributed by atoms with Gasteiger partial charge < -0.3 is 19.9 Å². The highest BCUT2D eigenvalue weighted by Gasteiger charge is 2.17. The molecule has 0 radical (unpaired) electrons. The zero-order valence-corrected chi connectivity index (χ0v) is 13.8. The minimum absolute atomic E-state index is 0.453. The Balaban J connectivity index is 1.86. The monoisotopic (exact) mass is 329 g/mol. The van der Waals surface area contributed by atoms with E-state index in [4.69, 9.17) is 9.47 Å². The molecule has 0 unspecified atom stereocenters. The molecule has 0 saturated carbocycles. The van der Waals surface area contributed by atoms with Crippen LogP contribution >= 0.6 is 0 Å². The molecule has 0 aliphatic carbocycles. The van der Waals surface area contributed by atoms with Gasteiger partial charge in [-0.2, -0.15) is 0 Å². The Kier molecular flexibility index (Phi) is 7.26. The van der Waals surface area contributed by atoms with E-state index in [1.54, 1.807) is 7.11 Å². The molecule has 2 rings (SSSR count). The second-order valence-corrected chi connectivity index (χ2v) is 5.45. The molecule has 5 heteroatoms. The summed E-state index contributed by atoms with van der Waals surface area (Å²) in [7, 11) is 1.63. The summed E-state index contributed by atoms with van der Waals surface area (Å²) in [5.41, 5.74) is 2.01. The van der Waals surface area contributed by atoms with Crippen molar-refractivity contribution < 1.29 is 19.4 Å². The minimum atomic E-state index is -0.849. The van der Waals surface area contributed by atoms with Crippen LogP contribution in [0.4, 0.5) is 0 Å². The first-order valence-electron chi connectivity index (χ1n) is 7.90. The van der Waals surface area contributed by atoms with Crippen molar-refractivity contribution in [1.82, 2.24) is 5.32 Å². The first-order chi connectivity index (χ1) is 11.7. The Morgan fingerprint density at radius 2 is 1.75 bits per heavy atom. The highest BCUT2D eigenvalue weighted by molar-refractivity contribution is 5.73. The molecule has 0 fully saturated rings. The molecule has 0 amide bonds. The highest BCUT2D eigenvalue weighted by Crippen LogP contribution is 2.12. The van der Waals surface area contributed by atoms with E-state index in [0.29, 0.717) is 26.2 Å². The summed E-state index contributed by atoms with van der Waals surface area (Å²) in [6.45, 7) is 1.54. The first-order valence-corrected chi connectivity index (χ1v) is 7.90. The lowest BCUT2D eigenvalue weighted by Gasteiger charge is -2.15. The van der Waals surface area contributed by atoms with Gasteiger partial charge in [-0.05, 0) is 29.7 Å². The molecule has 0 aromatic heterocycles. The maximum Gasteiger partial charge on any atom is 0.321 e. The van der Waals surface area contributed by atoms with E-state index in [1.165, 1.54) is 0 Å². The highest BCUT2D eigenvalue weighted by atomic mass is 16.5. The number of rotatable bonds is 10. The average Bonchev–Trinajstić information content (AvgIpc) is 2.60. The Bertz CT molecular complexity index is 613. The van der Waals surface area contributed by atoms with Gasteiger partial charge in [-0.3, -0.25) is 4.79 Å². The van der Waals surface area contributed by atoms with E-state index < -0.39 is 12.0 Å². The fourth-order valence-electron chi connectivity index (χ4n) is 2.28. The summed E-state index contributed by atoms with van der Waals surface area (Å²) in [6.07, 6.45) is 0.453. The quantitative estimate of drug-likeness (QED) is 0.656. The molecule has 5 nitrogen and oxygen atoms in total. The van der Waals surface area contributed by atoms with Gasteiger partial charge in [0.25, 0.3) is 0 Å². The molecule has 0 aliphatic heterocycles. The number of hydrogen-bond acceptors (Lipinski definition) is 4. The topological polar surface area (TPSA) is 67.8 Å². The molecule has 2 N–H and O–H groups in total. The summed E-state index contributed by atoms with van der Waals surface area (Å²) >= 11 is 0. The number of ether oxygens (including phenoxy) is 2. The fraction of sp³-hybridized carbons (Fsp3) is 0.316. The molecule has 0 spiro atoms. The van der Waals surface area contributed by atoms with Crippen molar-refractivity contribution in [3.63, 3.8) is 0 Å². The van der Waals surface area contributed by atoms with Crippen molar-refractivity contribution >= 4 is 5.97 Å². The summed E-state index contributed by atoms with van der Waals surface area (Å²) in [6, 6.07) is 16.6. The largest absolute Gasteiger partial charge is 0.491 e. The van der Waals surface area contributed by atoms with E-state index in [0.717, 1.165) is 16.9 Å². The van der Waals surface area contributed by atoms with Crippen LogP contribution in [0, 0.1) is 0 Å². The SMILES string of the molecule is COCCOc1ccc(CN[C@@H](Cc2ccccc2)C(=O)O)cc1. The summed E-state index contributed by atoms with van der Waals surface area (Å²) in [4.78, 5) is 11.4. The predicted octanol–water partition coefficient (Wildman–Crippen LogP) is 2.50. The second kappa shape index (κ2) is 9.70. The van der Waals surface area contributed by atoms with Crippen molar-refractivity contribution in [1.29, 1.82) is 0 Å². The number of carbonyl (C=O) groups is 1. The maximum absolute atomic E-state index is 11.4. The Morgan fingerprint density at radius 1 is 1.04 bits per heavy atom. The van der Waals surface area contributed by atoms with Gasteiger partial charge in [-0.15, -0.1) is 0 Å². The van der Waals surface area contributed by atoms with Crippen molar-refractivity contribution in [2.75, 3.05) is 20.3 Å². The summed E-state index contributed by atoms with van der Waals surface area (Å²) < 4.78 is 10.4. The fourth-order valence-corrected chi connectivity index (χ4v) is 2.28. The minimum Gasteiger partial charge on any atom is -0.491 e. The third-order valence-corrected chi connectivity index (χ3v) is 3.61. The van der Waals surface area contributed by atoms with Crippen LogP contribution < -0.4 is 10.1 Å². The van der Waals surface area contributed by atoms with Crippen LogP contribution in [0.25, 0.3) is 0 Å². The number of nitrogens with one attached hydrogen (secondary N) is 1. The summed E-state index contributed by atoms with van der Waals surface area (Å²) in [5.74, 6) is -0.0757. The van der Waals surface area contributed by atoms with Crippen LogP contribution in [0.2, 0.25) is 0 Å². The van der Waals surface area contributed by atoms with E-state index >= 15 is 0 Å². The normalized spacial score (nSPS) is 11.9. The van der Waals surface area contributed by atoms with E-state index in [-0.39, 0.29) is 0 Å². The van der Waals surface area contributed by atoms with Gasteiger partial charge in [-0.1, -0.05) is 42.5 Å². The molecular weight excluding hydrogens is 306 g/mol. The first kappa shape index (κ1) is 18.0. The Labute approximate surface area is 142 Å². The third kappa shape index (κ3) is 6.02. The van der Waals surface area contributed by atoms with Crippen molar-refractivity contribution in [2.45, 2.75) is 19.0 Å². The number of carboxylic acids is 1. The zero-order valence-electron chi connectivity index (χ0n) is 13.8. The van der Waals surface area contributed by atoms with E-state index in [9.17, 15) is 9.90 Å². The van der Waals surface area contributed by atoms with Crippen LogP contribution in [-0.2, 0) is 22.5 Å².